The largest absolute Gasteiger partial charge is 0.462 e. The first-order valence-corrected chi connectivity index (χ1v) is 16.8. The molecular weight excluding hydrogens is 480 g/mol. The fourth-order valence-corrected chi connectivity index (χ4v) is 4.74. The smallest absolute Gasteiger partial charge is 0.306 e. The number of unbranched alkanes of at least 4 members (excludes halogenated alkanes) is 17. The van der Waals surface area contributed by atoms with Crippen LogP contribution in [0.4, 0.5) is 0 Å². The second-order valence-corrected chi connectivity index (χ2v) is 11.2. The van der Waals surface area contributed by atoms with Gasteiger partial charge in [0.2, 0.25) is 0 Å². The molecule has 0 N–H and O–H groups in total. The molecule has 0 heterocycles. The Bertz CT molecular complexity index is 604. The molecule has 1 unspecified atom stereocenters. The van der Waals surface area contributed by atoms with Crippen LogP contribution in [0.15, 0.2) is 36.5 Å². The topological polar surface area (TPSA) is 43.4 Å². The summed E-state index contributed by atoms with van der Waals surface area (Å²) in [7, 11) is 0. The third-order valence-corrected chi connectivity index (χ3v) is 7.27. The van der Waals surface area contributed by atoms with E-state index in [4.69, 9.17) is 4.74 Å². The fourth-order valence-electron chi connectivity index (χ4n) is 4.74. The van der Waals surface area contributed by atoms with Crippen LogP contribution in [0, 0.1) is 0 Å². The molecule has 0 fully saturated rings. The van der Waals surface area contributed by atoms with E-state index in [1.807, 2.05) is 0 Å². The minimum atomic E-state index is -0.00935. The zero-order chi connectivity index (χ0) is 28.5. The molecule has 0 radical (unpaired) electrons. The number of hydrogen-bond donors (Lipinski definition) is 0. The summed E-state index contributed by atoms with van der Waals surface area (Å²) in [6.45, 7) is 4.48. The van der Waals surface area contributed by atoms with E-state index in [-0.39, 0.29) is 12.1 Å². The van der Waals surface area contributed by atoms with Gasteiger partial charge in [-0.25, -0.2) is 0 Å². The van der Waals surface area contributed by atoms with Gasteiger partial charge in [-0.15, -0.1) is 0 Å². The highest BCUT2D eigenvalue weighted by Crippen LogP contribution is 2.15. The molecule has 3 nitrogen and oxygen atoms in total. The van der Waals surface area contributed by atoms with Gasteiger partial charge in [0.1, 0.15) is 12.4 Å². The van der Waals surface area contributed by atoms with E-state index < -0.39 is 0 Å². The van der Waals surface area contributed by atoms with Gasteiger partial charge >= 0.3 is 5.97 Å². The summed E-state index contributed by atoms with van der Waals surface area (Å²) < 4.78 is 5.90. The van der Waals surface area contributed by atoms with Gasteiger partial charge < -0.3 is 9.53 Å². The van der Waals surface area contributed by atoms with Gasteiger partial charge in [0.15, 0.2) is 0 Å². The van der Waals surface area contributed by atoms with Crippen molar-refractivity contribution in [1.82, 2.24) is 0 Å². The van der Waals surface area contributed by atoms with Crippen LogP contribution >= 0.6 is 0 Å². The predicted molar refractivity (Wildman–Crippen MR) is 170 cm³/mol. The minimum Gasteiger partial charge on any atom is -0.462 e. The lowest BCUT2D eigenvalue weighted by Gasteiger charge is -2.16. The molecule has 226 valence electrons. The maximum Gasteiger partial charge on any atom is 0.306 e. The Kier molecular flexibility index (Phi) is 31.2. The summed E-state index contributed by atoms with van der Waals surface area (Å²) in [6, 6.07) is 0. The van der Waals surface area contributed by atoms with Gasteiger partial charge in [-0.05, 0) is 70.6 Å². The Balaban J connectivity index is 3.93. The SMILES string of the molecule is CCCCC/C=C\C/C=C\CCCCCCCC(=O)OC(CC=CCCCCCCCC=O)CCCCCC. The minimum absolute atomic E-state index is 0.00935. The molecule has 0 aliphatic heterocycles. The number of allylic oxidation sites excluding steroid dienone is 5. The fraction of sp³-hybridized carbons (Fsp3) is 0.778. The molecular formula is C36H64O3. The third-order valence-electron chi connectivity index (χ3n) is 7.27. The van der Waals surface area contributed by atoms with Crippen molar-refractivity contribution in [2.75, 3.05) is 0 Å². The molecule has 0 aromatic heterocycles. The Hall–Kier alpha value is -1.64. The van der Waals surface area contributed by atoms with Gasteiger partial charge in [0.25, 0.3) is 0 Å². The van der Waals surface area contributed by atoms with Crippen molar-refractivity contribution in [3.8, 4) is 0 Å². The van der Waals surface area contributed by atoms with Gasteiger partial charge in [-0.3, -0.25) is 4.79 Å². The van der Waals surface area contributed by atoms with E-state index in [0.717, 1.165) is 64.1 Å². The molecule has 0 saturated carbocycles. The summed E-state index contributed by atoms with van der Waals surface area (Å²) in [5, 5.41) is 0. The molecule has 0 bridgehead atoms. The van der Waals surface area contributed by atoms with E-state index in [9.17, 15) is 9.59 Å². The maximum atomic E-state index is 12.5. The van der Waals surface area contributed by atoms with Crippen molar-refractivity contribution < 1.29 is 14.3 Å². The quantitative estimate of drug-likeness (QED) is 0.0391. The summed E-state index contributed by atoms with van der Waals surface area (Å²) in [5.41, 5.74) is 0. The van der Waals surface area contributed by atoms with Gasteiger partial charge in [0.05, 0.1) is 0 Å². The van der Waals surface area contributed by atoms with Crippen molar-refractivity contribution in [2.24, 2.45) is 0 Å². The normalized spacial score (nSPS) is 12.7. The van der Waals surface area contributed by atoms with Gasteiger partial charge in [-0.2, -0.15) is 0 Å². The van der Waals surface area contributed by atoms with Gasteiger partial charge in [-0.1, -0.05) is 121 Å². The number of carbonyl (C=O) groups excluding carboxylic acids is 2. The third kappa shape index (κ3) is 30.8. The summed E-state index contributed by atoms with van der Waals surface area (Å²) in [6.07, 6.45) is 42.8. The number of aldehydes is 1. The van der Waals surface area contributed by atoms with Crippen LogP contribution in [0.1, 0.15) is 174 Å². The Morgan fingerprint density at radius 3 is 1.67 bits per heavy atom. The molecule has 1 atom stereocenters. The lowest BCUT2D eigenvalue weighted by Crippen LogP contribution is -2.17. The van der Waals surface area contributed by atoms with Crippen LogP contribution in [-0.4, -0.2) is 18.4 Å². The van der Waals surface area contributed by atoms with E-state index in [0.29, 0.717) is 12.8 Å². The number of esters is 1. The second-order valence-electron chi connectivity index (χ2n) is 11.2. The highest BCUT2D eigenvalue weighted by atomic mass is 16.5. The van der Waals surface area contributed by atoms with E-state index >= 15 is 0 Å². The highest BCUT2D eigenvalue weighted by molar-refractivity contribution is 5.69. The van der Waals surface area contributed by atoms with Crippen LogP contribution in [0.2, 0.25) is 0 Å². The zero-order valence-corrected chi connectivity index (χ0v) is 26.0. The first kappa shape index (κ1) is 37.4. The van der Waals surface area contributed by atoms with Crippen molar-refractivity contribution in [2.45, 2.75) is 180 Å². The van der Waals surface area contributed by atoms with E-state index in [1.165, 1.54) is 89.9 Å². The zero-order valence-electron chi connectivity index (χ0n) is 26.0. The number of ether oxygens (including phenoxy) is 1. The Morgan fingerprint density at radius 1 is 0.564 bits per heavy atom. The first-order valence-electron chi connectivity index (χ1n) is 16.8. The number of carbonyl (C=O) groups is 2. The van der Waals surface area contributed by atoms with Crippen LogP contribution in [-0.2, 0) is 14.3 Å². The molecule has 0 aliphatic carbocycles. The molecule has 3 heteroatoms. The maximum absolute atomic E-state index is 12.5. The Labute approximate surface area is 243 Å². The molecule has 0 spiro atoms. The highest BCUT2D eigenvalue weighted by Gasteiger charge is 2.13. The molecule has 0 aliphatic rings. The lowest BCUT2D eigenvalue weighted by molar-refractivity contribution is -0.149. The number of rotatable bonds is 30. The van der Waals surface area contributed by atoms with E-state index in [1.54, 1.807) is 0 Å². The molecule has 0 aromatic rings. The Morgan fingerprint density at radius 2 is 1.05 bits per heavy atom. The molecule has 0 amide bonds. The predicted octanol–water partition coefficient (Wildman–Crippen LogP) is 11.6. The summed E-state index contributed by atoms with van der Waals surface area (Å²) >= 11 is 0. The van der Waals surface area contributed by atoms with Crippen LogP contribution in [0.25, 0.3) is 0 Å². The average Bonchev–Trinajstić information content (AvgIpc) is 2.94. The van der Waals surface area contributed by atoms with Crippen LogP contribution in [0.3, 0.4) is 0 Å². The van der Waals surface area contributed by atoms with E-state index in [2.05, 4.69) is 50.3 Å². The van der Waals surface area contributed by atoms with Gasteiger partial charge in [0, 0.05) is 19.3 Å². The second kappa shape index (κ2) is 32.6. The van der Waals surface area contributed by atoms with Crippen molar-refractivity contribution in [3.63, 3.8) is 0 Å². The lowest BCUT2D eigenvalue weighted by atomic mass is 10.1. The average molecular weight is 545 g/mol. The van der Waals surface area contributed by atoms with Crippen molar-refractivity contribution in [1.29, 1.82) is 0 Å². The molecule has 0 rings (SSSR count). The van der Waals surface area contributed by atoms with Crippen molar-refractivity contribution in [3.05, 3.63) is 36.5 Å². The molecule has 0 saturated heterocycles. The summed E-state index contributed by atoms with van der Waals surface area (Å²) in [5.74, 6) is -0.00935. The molecule has 0 aromatic carbocycles. The van der Waals surface area contributed by atoms with Crippen LogP contribution in [0.5, 0.6) is 0 Å². The van der Waals surface area contributed by atoms with Crippen LogP contribution < -0.4 is 0 Å². The molecule has 39 heavy (non-hydrogen) atoms. The standard InChI is InChI=1S/C36H64O3/c1-3-5-7-9-10-11-12-13-14-15-16-19-22-25-29-33-36(38)39-35(31-27-8-6-4-2)32-28-24-21-18-17-20-23-26-30-34-37/h10-11,13-14,24,28,34-35H,3-9,12,15-23,25-27,29-33H2,1-2H3/b11-10-,14-13-,28-24?. The monoisotopic (exact) mass is 544 g/mol. The van der Waals surface area contributed by atoms with Crippen molar-refractivity contribution >= 4 is 12.3 Å². The summed E-state index contributed by atoms with van der Waals surface area (Å²) in [4.78, 5) is 22.8. The first-order chi connectivity index (χ1) is 19.2. The number of hydrogen-bond acceptors (Lipinski definition) is 3.